The number of hydrogen-bond donors (Lipinski definition) is 1. The molecule has 2 unspecified atom stereocenters. The van der Waals surface area contributed by atoms with E-state index in [9.17, 15) is 5.11 Å². The van der Waals surface area contributed by atoms with Crippen molar-refractivity contribution in [1.82, 2.24) is 0 Å². The minimum absolute atomic E-state index is 0.612. The Kier molecular flexibility index (Phi) is 3.20. The quantitative estimate of drug-likeness (QED) is 0.830. The Balaban J connectivity index is 2.20. The Bertz CT molecular complexity index is 344. The molecule has 1 aromatic carbocycles. The Hall–Kier alpha value is -1.02. The molecule has 1 saturated carbocycles. The zero-order chi connectivity index (χ0) is 11.6. The highest BCUT2D eigenvalue weighted by atomic mass is 16.5. The normalized spacial score (nSPS) is 30.1. The van der Waals surface area contributed by atoms with Gasteiger partial charge in [0.2, 0.25) is 0 Å². The van der Waals surface area contributed by atoms with E-state index < -0.39 is 5.60 Å². The van der Waals surface area contributed by atoms with Gasteiger partial charge in [0.05, 0.1) is 12.7 Å². The third-order valence-electron chi connectivity index (χ3n) is 3.60. The van der Waals surface area contributed by atoms with Crippen LogP contribution in [0.4, 0.5) is 0 Å². The smallest absolute Gasteiger partial charge is 0.118 e. The molecule has 0 bridgehead atoms. The maximum absolute atomic E-state index is 10.6. The summed E-state index contributed by atoms with van der Waals surface area (Å²) >= 11 is 0. The van der Waals surface area contributed by atoms with Crippen molar-refractivity contribution in [2.75, 3.05) is 7.11 Å². The molecule has 16 heavy (non-hydrogen) atoms. The van der Waals surface area contributed by atoms with Gasteiger partial charge in [-0.05, 0) is 42.9 Å². The molecule has 1 aliphatic carbocycles. The summed E-state index contributed by atoms with van der Waals surface area (Å²) in [4.78, 5) is 0. The van der Waals surface area contributed by atoms with E-state index in [2.05, 4.69) is 6.92 Å². The van der Waals surface area contributed by atoms with E-state index in [0.29, 0.717) is 5.92 Å². The minimum atomic E-state index is -0.621. The third-order valence-corrected chi connectivity index (χ3v) is 3.60. The Morgan fingerprint density at radius 1 is 1.31 bits per heavy atom. The van der Waals surface area contributed by atoms with Crippen molar-refractivity contribution >= 4 is 0 Å². The molecule has 2 nitrogen and oxygen atoms in total. The van der Waals surface area contributed by atoms with Crippen LogP contribution in [0.2, 0.25) is 0 Å². The molecule has 0 aliphatic heterocycles. The van der Waals surface area contributed by atoms with Crippen LogP contribution in [-0.2, 0) is 5.60 Å². The molecular weight excluding hydrogens is 200 g/mol. The van der Waals surface area contributed by atoms with Crippen molar-refractivity contribution in [2.45, 2.75) is 38.2 Å². The molecule has 1 aliphatic rings. The Morgan fingerprint density at radius 2 is 2.00 bits per heavy atom. The summed E-state index contributed by atoms with van der Waals surface area (Å²) in [5.74, 6) is 1.46. The zero-order valence-electron chi connectivity index (χ0n) is 10.1. The van der Waals surface area contributed by atoms with E-state index in [4.69, 9.17) is 4.74 Å². The molecule has 0 saturated heterocycles. The van der Waals surface area contributed by atoms with E-state index in [1.807, 2.05) is 24.3 Å². The van der Waals surface area contributed by atoms with Crippen molar-refractivity contribution in [2.24, 2.45) is 5.92 Å². The second kappa shape index (κ2) is 4.46. The van der Waals surface area contributed by atoms with Gasteiger partial charge in [-0.1, -0.05) is 25.5 Å². The van der Waals surface area contributed by atoms with Crippen molar-refractivity contribution in [1.29, 1.82) is 0 Å². The van der Waals surface area contributed by atoms with Gasteiger partial charge in [-0.3, -0.25) is 0 Å². The van der Waals surface area contributed by atoms with Crippen molar-refractivity contribution in [3.05, 3.63) is 29.8 Å². The summed E-state index contributed by atoms with van der Waals surface area (Å²) in [5.41, 5.74) is 0.407. The van der Waals surface area contributed by atoms with Gasteiger partial charge < -0.3 is 9.84 Å². The predicted molar refractivity (Wildman–Crippen MR) is 64.5 cm³/mol. The minimum Gasteiger partial charge on any atom is -0.497 e. The van der Waals surface area contributed by atoms with Crippen LogP contribution in [0.25, 0.3) is 0 Å². The summed E-state index contributed by atoms with van der Waals surface area (Å²) < 4.78 is 5.13. The summed E-state index contributed by atoms with van der Waals surface area (Å²) in [6, 6.07) is 7.81. The van der Waals surface area contributed by atoms with Gasteiger partial charge in [0.15, 0.2) is 0 Å². The highest BCUT2D eigenvalue weighted by molar-refractivity contribution is 5.31. The summed E-state index contributed by atoms with van der Waals surface area (Å²) in [7, 11) is 1.66. The van der Waals surface area contributed by atoms with Crippen LogP contribution in [0.15, 0.2) is 24.3 Å². The number of benzene rings is 1. The molecule has 0 heterocycles. The van der Waals surface area contributed by atoms with Gasteiger partial charge >= 0.3 is 0 Å². The standard InChI is InChI=1S/C14H20O2/c1-11-4-3-9-14(15,10-11)12-5-7-13(16-2)8-6-12/h5-8,11,15H,3-4,9-10H2,1-2H3. The molecule has 2 heteroatoms. The van der Waals surface area contributed by atoms with Gasteiger partial charge in [-0.15, -0.1) is 0 Å². The first-order valence-electron chi connectivity index (χ1n) is 6.01. The molecule has 1 aromatic rings. The maximum atomic E-state index is 10.6. The van der Waals surface area contributed by atoms with Crippen LogP contribution >= 0.6 is 0 Å². The summed E-state index contributed by atoms with van der Waals surface area (Å²) in [6.07, 6.45) is 4.10. The average molecular weight is 220 g/mol. The fourth-order valence-electron chi connectivity index (χ4n) is 2.69. The zero-order valence-corrected chi connectivity index (χ0v) is 10.1. The lowest BCUT2D eigenvalue weighted by atomic mass is 9.75. The molecule has 0 amide bonds. The predicted octanol–water partition coefficient (Wildman–Crippen LogP) is 3.09. The van der Waals surface area contributed by atoms with Crippen LogP contribution < -0.4 is 4.74 Å². The van der Waals surface area contributed by atoms with Crippen molar-refractivity contribution in [3.63, 3.8) is 0 Å². The number of aliphatic hydroxyl groups is 1. The maximum Gasteiger partial charge on any atom is 0.118 e. The molecule has 0 radical (unpaired) electrons. The number of methoxy groups -OCH3 is 1. The van der Waals surface area contributed by atoms with Crippen molar-refractivity contribution in [3.8, 4) is 5.75 Å². The lowest BCUT2D eigenvalue weighted by Crippen LogP contribution is -2.31. The first kappa shape index (κ1) is 11.5. The van der Waals surface area contributed by atoms with Crippen LogP contribution in [-0.4, -0.2) is 12.2 Å². The van der Waals surface area contributed by atoms with Gasteiger partial charge in [-0.25, -0.2) is 0 Å². The molecular formula is C14H20O2. The highest BCUT2D eigenvalue weighted by Gasteiger charge is 2.34. The van der Waals surface area contributed by atoms with Gasteiger partial charge in [-0.2, -0.15) is 0 Å². The number of rotatable bonds is 2. The topological polar surface area (TPSA) is 29.5 Å². The van der Waals surface area contributed by atoms with Gasteiger partial charge in [0, 0.05) is 0 Å². The molecule has 2 atom stereocenters. The van der Waals surface area contributed by atoms with E-state index >= 15 is 0 Å². The number of ether oxygens (including phenoxy) is 1. The van der Waals surface area contributed by atoms with Crippen LogP contribution in [0.1, 0.15) is 38.2 Å². The van der Waals surface area contributed by atoms with Crippen LogP contribution in [0, 0.1) is 5.92 Å². The lowest BCUT2D eigenvalue weighted by molar-refractivity contribution is -0.0179. The largest absolute Gasteiger partial charge is 0.497 e. The van der Waals surface area contributed by atoms with Crippen LogP contribution in [0.3, 0.4) is 0 Å². The number of hydrogen-bond acceptors (Lipinski definition) is 2. The lowest BCUT2D eigenvalue weighted by Gasteiger charge is -2.36. The molecule has 0 spiro atoms. The summed E-state index contributed by atoms with van der Waals surface area (Å²) in [5, 5.41) is 10.6. The van der Waals surface area contributed by atoms with E-state index in [0.717, 1.165) is 30.6 Å². The monoisotopic (exact) mass is 220 g/mol. The van der Waals surface area contributed by atoms with Crippen molar-refractivity contribution < 1.29 is 9.84 Å². The molecule has 1 fully saturated rings. The van der Waals surface area contributed by atoms with E-state index in [-0.39, 0.29) is 0 Å². The average Bonchev–Trinajstić information content (AvgIpc) is 2.29. The second-order valence-electron chi connectivity index (χ2n) is 4.96. The van der Waals surface area contributed by atoms with E-state index in [1.54, 1.807) is 7.11 Å². The fourth-order valence-corrected chi connectivity index (χ4v) is 2.69. The highest BCUT2D eigenvalue weighted by Crippen LogP contribution is 2.39. The third kappa shape index (κ3) is 2.22. The Labute approximate surface area is 97.3 Å². The first-order valence-corrected chi connectivity index (χ1v) is 6.01. The Morgan fingerprint density at radius 3 is 2.56 bits per heavy atom. The van der Waals surface area contributed by atoms with Crippen LogP contribution in [0.5, 0.6) is 5.75 Å². The fraction of sp³-hybridized carbons (Fsp3) is 0.571. The molecule has 1 N–H and O–H groups in total. The van der Waals surface area contributed by atoms with E-state index in [1.165, 1.54) is 6.42 Å². The SMILES string of the molecule is COc1ccc(C2(O)CCCC(C)C2)cc1. The summed E-state index contributed by atoms with van der Waals surface area (Å²) in [6.45, 7) is 2.22. The molecule has 88 valence electrons. The molecule has 2 rings (SSSR count). The van der Waals surface area contributed by atoms with Gasteiger partial charge in [0.1, 0.15) is 5.75 Å². The molecule has 0 aromatic heterocycles. The first-order chi connectivity index (χ1) is 7.64. The van der Waals surface area contributed by atoms with Gasteiger partial charge in [0.25, 0.3) is 0 Å². The second-order valence-corrected chi connectivity index (χ2v) is 4.96.